The predicted molar refractivity (Wildman–Crippen MR) is 74.7 cm³/mol. The Morgan fingerprint density at radius 1 is 1.29 bits per heavy atom. The van der Waals surface area contributed by atoms with Gasteiger partial charge in [-0.15, -0.1) is 0 Å². The number of halogens is 1. The number of para-hydroxylation sites is 1. The van der Waals surface area contributed by atoms with Crippen LogP contribution < -0.4 is 5.32 Å². The fourth-order valence-electron chi connectivity index (χ4n) is 1.98. The minimum absolute atomic E-state index is 0.694. The highest BCUT2D eigenvalue weighted by atomic mass is 35.5. The number of benzene rings is 1. The van der Waals surface area contributed by atoms with Gasteiger partial charge in [0.25, 0.3) is 0 Å². The van der Waals surface area contributed by atoms with Crippen molar-refractivity contribution in [1.82, 2.24) is 9.88 Å². The van der Waals surface area contributed by atoms with Crippen molar-refractivity contribution in [3.05, 3.63) is 35.5 Å². The summed E-state index contributed by atoms with van der Waals surface area (Å²) in [5, 5.41) is 5.42. The van der Waals surface area contributed by atoms with E-state index in [-0.39, 0.29) is 0 Å². The third-order valence-electron chi connectivity index (χ3n) is 2.82. The van der Waals surface area contributed by atoms with Gasteiger partial charge in [0.1, 0.15) is 0 Å². The second-order valence-corrected chi connectivity index (χ2v) is 5.19. The zero-order valence-corrected chi connectivity index (χ0v) is 11.2. The molecule has 0 saturated heterocycles. The highest BCUT2D eigenvalue weighted by Crippen LogP contribution is 2.25. The molecular weight excluding hydrogens is 232 g/mol. The molecule has 2 rings (SSSR count). The molecule has 0 aliphatic carbocycles. The summed E-state index contributed by atoms with van der Waals surface area (Å²) in [5.41, 5.74) is 1.21. The first-order valence-electron chi connectivity index (χ1n) is 6.12. The van der Waals surface area contributed by atoms with E-state index in [9.17, 15) is 0 Å². The third kappa shape index (κ3) is 3.02. The molecule has 0 amide bonds. The lowest BCUT2D eigenvalue weighted by molar-refractivity contribution is 0.529. The lowest BCUT2D eigenvalue weighted by Crippen LogP contribution is -2.23. The fourth-order valence-corrected chi connectivity index (χ4v) is 2.25. The maximum atomic E-state index is 6.20. The molecule has 0 radical (unpaired) electrons. The first-order chi connectivity index (χ1) is 8.18. The Balaban J connectivity index is 2.04. The van der Waals surface area contributed by atoms with E-state index in [0.29, 0.717) is 5.92 Å². The number of hydrogen-bond donors (Lipinski definition) is 1. The van der Waals surface area contributed by atoms with E-state index in [1.54, 1.807) is 0 Å². The number of rotatable bonds is 5. The van der Waals surface area contributed by atoms with Crippen molar-refractivity contribution in [3.63, 3.8) is 0 Å². The van der Waals surface area contributed by atoms with Crippen molar-refractivity contribution < 1.29 is 0 Å². The molecule has 1 aromatic heterocycles. The Kier molecular flexibility index (Phi) is 4.08. The van der Waals surface area contributed by atoms with Crippen molar-refractivity contribution in [1.29, 1.82) is 0 Å². The normalized spacial score (nSPS) is 11.5. The second-order valence-electron chi connectivity index (χ2n) is 4.79. The molecule has 17 heavy (non-hydrogen) atoms. The summed E-state index contributed by atoms with van der Waals surface area (Å²) in [6, 6.07) is 8.26. The van der Waals surface area contributed by atoms with Gasteiger partial charge in [-0.2, -0.15) is 0 Å². The first kappa shape index (κ1) is 12.5. The van der Waals surface area contributed by atoms with Crippen LogP contribution in [0.4, 0.5) is 0 Å². The van der Waals surface area contributed by atoms with Gasteiger partial charge in [0, 0.05) is 30.2 Å². The molecular formula is C14H19ClN2. The Bertz CT molecular complexity index is 488. The second kappa shape index (κ2) is 5.56. The molecule has 0 aliphatic heterocycles. The topological polar surface area (TPSA) is 17.0 Å². The predicted octanol–water partition coefficient (Wildman–Crippen LogP) is 3.54. The van der Waals surface area contributed by atoms with E-state index in [1.807, 2.05) is 12.3 Å². The standard InChI is InChI=1S/C14H19ClN2/c1-11(2)9-16-7-8-17-10-13(15)12-5-3-4-6-14(12)17/h3-6,10-11,16H,7-9H2,1-2H3. The Morgan fingerprint density at radius 3 is 2.82 bits per heavy atom. The summed E-state index contributed by atoms with van der Waals surface area (Å²) in [7, 11) is 0. The summed E-state index contributed by atoms with van der Waals surface area (Å²) < 4.78 is 2.21. The van der Waals surface area contributed by atoms with Crippen LogP contribution in [0.2, 0.25) is 5.02 Å². The molecule has 0 saturated carbocycles. The zero-order valence-electron chi connectivity index (χ0n) is 10.4. The average molecular weight is 251 g/mol. The lowest BCUT2D eigenvalue weighted by atomic mass is 10.2. The van der Waals surface area contributed by atoms with Crippen LogP contribution in [0.5, 0.6) is 0 Å². The van der Waals surface area contributed by atoms with Gasteiger partial charge in [-0.1, -0.05) is 43.6 Å². The van der Waals surface area contributed by atoms with E-state index < -0.39 is 0 Å². The van der Waals surface area contributed by atoms with Crippen LogP contribution in [-0.2, 0) is 6.54 Å². The molecule has 2 aromatic rings. The van der Waals surface area contributed by atoms with Crippen molar-refractivity contribution in [2.24, 2.45) is 5.92 Å². The van der Waals surface area contributed by atoms with E-state index in [0.717, 1.165) is 30.0 Å². The molecule has 0 atom stereocenters. The van der Waals surface area contributed by atoms with Crippen LogP contribution in [-0.4, -0.2) is 17.7 Å². The molecule has 0 unspecified atom stereocenters. The van der Waals surface area contributed by atoms with Gasteiger partial charge in [0.05, 0.1) is 5.02 Å². The largest absolute Gasteiger partial charge is 0.345 e. The van der Waals surface area contributed by atoms with Gasteiger partial charge in [-0.3, -0.25) is 0 Å². The van der Waals surface area contributed by atoms with Crippen molar-refractivity contribution >= 4 is 22.5 Å². The van der Waals surface area contributed by atoms with E-state index in [1.165, 1.54) is 5.52 Å². The summed E-state index contributed by atoms with van der Waals surface area (Å²) >= 11 is 6.20. The Morgan fingerprint density at radius 2 is 2.06 bits per heavy atom. The summed E-state index contributed by atoms with van der Waals surface area (Å²) in [4.78, 5) is 0. The number of fused-ring (bicyclic) bond motifs is 1. The summed E-state index contributed by atoms with van der Waals surface area (Å²) in [6.07, 6.45) is 2.02. The van der Waals surface area contributed by atoms with Gasteiger partial charge in [0.15, 0.2) is 0 Å². The quantitative estimate of drug-likeness (QED) is 0.804. The maximum Gasteiger partial charge on any atom is 0.0661 e. The van der Waals surface area contributed by atoms with Gasteiger partial charge >= 0.3 is 0 Å². The summed E-state index contributed by atoms with van der Waals surface area (Å²) in [5.74, 6) is 0.694. The van der Waals surface area contributed by atoms with Crippen molar-refractivity contribution in [2.75, 3.05) is 13.1 Å². The average Bonchev–Trinajstić information content (AvgIpc) is 2.63. The highest BCUT2D eigenvalue weighted by Gasteiger charge is 2.05. The third-order valence-corrected chi connectivity index (χ3v) is 3.12. The molecule has 0 aliphatic rings. The SMILES string of the molecule is CC(C)CNCCn1cc(Cl)c2ccccc21. The summed E-state index contributed by atoms with van der Waals surface area (Å²) in [6.45, 7) is 7.43. The van der Waals surface area contributed by atoms with E-state index >= 15 is 0 Å². The van der Waals surface area contributed by atoms with Gasteiger partial charge in [-0.25, -0.2) is 0 Å². The molecule has 3 heteroatoms. The number of nitrogens with one attached hydrogen (secondary N) is 1. The van der Waals surface area contributed by atoms with Crippen LogP contribution in [0.1, 0.15) is 13.8 Å². The minimum atomic E-state index is 0.694. The fraction of sp³-hybridized carbons (Fsp3) is 0.429. The van der Waals surface area contributed by atoms with E-state index in [2.05, 4.69) is 41.9 Å². The molecule has 0 spiro atoms. The van der Waals surface area contributed by atoms with Gasteiger partial charge in [-0.05, 0) is 18.5 Å². The van der Waals surface area contributed by atoms with Crippen LogP contribution in [0.15, 0.2) is 30.5 Å². The van der Waals surface area contributed by atoms with Gasteiger partial charge in [0.2, 0.25) is 0 Å². The molecule has 0 bridgehead atoms. The van der Waals surface area contributed by atoms with E-state index in [4.69, 9.17) is 11.6 Å². The Labute approximate surface area is 108 Å². The molecule has 1 N–H and O–H groups in total. The minimum Gasteiger partial charge on any atom is -0.345 e. The molecule has 2 nitrogen and oxygen atoms in total. The number of hydrogen-bond acceptors (Lipinski definition) is 1. The maximum absolute atomic E-state index is 6.20. The smallest absolute Gasteiger partial charge is 0.0661 e. The molecule has 92 valence electrons. The molecule has 1 heterocycles. The van der Waals surface area contributed by atoms with Crippen LogP contribution in [0.3, 0.4) is 0 Å². The molecule has 1 aromatic carbocycles. The van der Waals surface area contributed by atoms with Crippen molar-refractivity contribution in [3.8, 4) is 0 Å². The molecule has 0 fully saturated rings. The van der Waals surface area contributed by atoms with Gasteiger partial charge < -0.3 is 9.88 Å². The van der Waals surface area contributed by atoms with Crippen LogP contribution >= 0.6 is 11.6 Å². The number of nitrogens with zero attached hydrogens (tertiary/aromatic N) is 1. The lowest BCUT2D eigenvalue weighted by Gasteiger charge is -2.08. The first-order valence-corrected chi connectivity index (χ1v) is 6.50. The van der Waals surface area contributed by atoms with Crippen molar-refractivity contribution in [2.45, 2.75) is 20.4 Å². The Hall–Kier alpha value is -0.990. The monoisotopic (exact) mass is 250 g/mol. The zero-order chi connectivity index (χ0) is 12.3. The highest BCUT2D eigenvalue weighted by molar-refractivity contribution is 6.35. The van der Waals surface area contributed by atoms with Crippen LogP contribution in [0, 0.1) is 5.92 Å². The number of aromatic nitrogens is 1. The van der Waals surface area contributed by atoms with Crippen LogP contribution in [0.25, 0.3) is 10.9 Å².